The molecule has 1 unspecified atom stereocenters. The van der Waals surface area contributed by atoms with Gasteiger partial charge in [0.15, 0.2) is 0 Å². The number of nitrogens with one attached hydrogen (secondary N) is 2. The maximum absolute atomic E-state index is 12.1. The van der Waals surface area contributed by atoms with Crippen molar-refractivity contribution >= 4 is 34.4 Å². The number of hydrogen-bond acceptors (Lipinski definition) is 4. The highest BCUT2D eigenvalue weighted by Gasteiger charge is 2.38. The average molecular weight is 404 g/mol. The number of nitrogens with zero attached hydrogens (tertiary/aromatic N) is 1. The first-order valence-corrected chi connectivity index (χ1v) is 8.40. The summed E-state index contributed by atoms with van der Waals surface area (Å²) in [5.74, 6) is -2.35. The maximum Gasteiger partial charge on any atom is 0.490 e. The van der Waals surface area contributed by atoms with Crippen LogP contribution in [0.4, 0.5) is 13.2 Å². The Morgan fingerprint density at radius 1 is 1.30 bits per heavy atom. The average Bonchev–Trinajstić information content (AvgIpc) is 3.12. The largest absolute Gasteiger partial charge is 0.490 e. The zero-order valence-corrected chi connectivity index (χ0v) is 14.8. The molecule has 1 fully saturated rings. The van der Waals surface area contributed by atoms with Crippen LogP contribution < -0.4 is 10.6 Å². The van der Waals surface area contributed by atoms with Gasteiger partial charge in [0.25, 0.3) is 5.91 Å². The van der Waals surface area contributed by atoms with Gasteiger partial charge in [0.05, 0.1) is 5.52 Å². The fraction of sp³-hybridized carbons (Fsp3) is 0.353. The van der Waals surface area contributed by atoms with Gasteiger partial charge in [-0.2, -0.15) is 13.2 Å². The number of amides is 1. The summed E-state index contributed by atoms with van der Waals surface area (Å²) in [4.78, 5) is 25.4. The summed E-state index contributed by atoms with van der Waals surface area (Å²) in [6, 6.07) is 9.06. The summed E-state index contributed by atoms with van der Waals surface area (Å²) in [6.45, 7) is 2.71. The third kappa shape index (κ3) is 6.37. The highest BCUT2D eigenvalue weighted by molar-refractivity contribution is 6.31. The quantitative estimate of drug-likeness (QED) is 0.733. The number of benzene rings is 1. The Balaban J connectivity index is 0.000000321. The Labute approximate surface area is 157 Å². The molecule has 0 saturated carbocycles. The first-order valence-electron chi connectivity index (χ1n) is 8.02. The molecule has 6 nitrogen and oxygen atoms in total. The number of fused-ring (bicyclic) bond motifs is 1. The lowest BCUT2D eigenvalue weighted by atomic mass is 10.1. The zero-order valence-electron chi connectivity index (χ0n) is 14.0. The van der Waals surface area contributed by atoms with Crippen LogP contribution >= 0.6 is 11.6 Å². The zero-order chi connectivity index (χ0) is 20.0. The van der Waals surface area contributed by atoms with Crippen LogP contribution in [-0.4, -0.2) is 47.8 Å². The van der Waals surface area contributed by atoms with Crippen LogP contribution in [0.1, 0.15) is 16.9 Å². The molecule has 27 heavy (non-hydrogen) atoms. The second kappa shape index (κ2) is 9.01. The topological polar surface area (TPSA) is 91.3 Å². The van der Waals surface area contributed by atoms with E-state index in [9.17, 15) is 18.0 Å². The Bertz CT molecular complexity index is 824. The van der Waals surface area contributed by atoms with Crippen LogP contribution in [0.2, 0.25) is 5.02 Å². The number of alkyl halides is 3. The predicted molar refractivity (Wildman–Crippen MR) is 93.8 cm³/mol. The van der Waals surface area contributed by atoms with Gasteiger partial charge in [-0.3, -0.25) is 4.79 Å². The Kier molecular flexibility index (Phi) is 6.98. The predicted octanol–water partition coefficient (Wildman–Crippen LogP) is 2.86. The lowest BCUT2D eigenvalue weighted by Crippen LogP contribution is -2.30. The molecule has 1 aromatic heterocycles. The summed E-state index contributed by atoms with van der Waals surface area (Å²) in [5, 5.41) is 15.0. The molecule has 0 bridgehead atoms. The Hall–Kier alpha value is -2.39. The van der Waals surface area contributed by atoms with Crippen molar-refractivity contribution in [2.24, 2.45) is 5.92 Å². The molecule has 0 radical (unpaired) electrons. The lowest BCUT2D eigenvalue weighted by Gasteiger charge is -2.10. The number of carboxylic acid groups (broad SMARTS) is 1. The van der Waals surface area contributed by atoms with E-state index in [0.29, 0.717) is 23.2 Å². The van der Waals surface area contributed by atoms with E-state index in [0.717, 1.165) is 30.4 Å². The highest BCUT2D eigenvalue weighted by Crippen LogP contribution is 2.18. The minimum atomic E-state index is -5.08. The number of carbonyl (C=O) groups excluding carboxylic acids is 1. The molecule has 1 atom stereocenters. The number of carboxylic acids is 1. The van der Waals surface area contributed by atoms with E-state index in [-0.39, 0.29) is 5.91 Å². The lowest BCUT2D eigenvalue weighted by molar-refractivity contribution is -0.192. The fourth-order valence-electron chi connectivity index (χ4n) is 2.44. The molecule has 2 heterocycles. The van der Waals surface area contributed by atoms with Crippen molar-refractivity contribution in [1.82, 2.24) is 15.6 Å². The number of halogens is 4. The van der Waals surface area contributed by atoms with Crippen LogP contribution in [0.25, 0.3) is 10.9 Å². The minimum absolute atomic E-state index is 0.117. The van der Waals surface area contributed by atoms with E-state index in [2.05, 4.69) is 15.6 Å². The van der Waals surface area contributed by atoms with Crippen molar-refractivity contribution in [3.8, 4) is 0 Å². The number of carbonyl (C=O) groups is 2. The molecule has 3 N–H and O–H groups in total. The smallest absolute Gasteiger partial charge is 0.475 e. The van der Waals surface area contributed by atoms with Gasteiger partial charge in [0.2, 0.25) is 0 Å². The maximum atomic E-state index is 12.1. The first-order chi connectivity index (χ1) is 12.7. The van der Waals surface area contributed by atoms with Crippen molar-refractivity contribution in [2.75, 3.05) is 19.6 Å². The molecule has 3 rings (SSSR count). The molecule has 1 aliphatic rings. The minimum Gasteiger partial charge on any atom is -0.475 e. The van der Waals surface area contributed by atoms with Gasteiger partial charge >= 0.3 is 12.1 Å². The summed E-state index contributed by atoms with van der Waals surface area (Å²) < 4.78 is 31.7. The van der Waals surface area contributed by atoms with Crippen LogP contribution in [0.5, 0.6) is 0 Å². The van der Waals surface area contributed by atoms with E-state index in [1.807, 2.05) is 18.2 Å². The van der Waals surface area contributed by atoms with E-state index in [1.165, 1.54) is 0 Å². The molecule has 146 valence electrons. The van der Waals surface area contributed by atoms with Crippen LogP contribution in [-0.2, 0) is 4.79 Å². The molecule has 1 amide bonds. The van der Waals surface area contributed by atoms with E-state index in [4.69, 9.17) is 21.5 Å². The van der Waals surface area contributed by atoms with Crippen molar-refractivity contribution < 1.29 is 27.9 Å². The number of aliphatic carboxylic acids is 1. The van der Waals surface area contributed by atoms with Crippen molar-refractivity contribution in [3.05, 3.63) is 41.0 Å². The summed E-state index contributed by atoms with van der Waals surface area (Å²) >= 11 is 5.93. The standard InChI is InChI=1S/C15H16ClN3O.C2HF3O2/c16-12-2-4-13-11(7-12)1-3-14(19-13)15(20)18-9-10-5-6-17-8-10;3-2(4,5)1(6)7/h1-4,7,10,17H,5-6,8-9H2,(H,18,20);(H,6,7). The normalized spacial score (nSPS) is 16.5. The number of aromatic nitrogens is 1. The van der Waals surface area contributed by atoms with E-state index < -0.39 is 12.1 Å². The summed E-state index contributed by atoms with van der Waals surface area (Å²) in [5.41, 5.74) is 1.23. The van der Waals surface area contributed by atoms with Crippen LogP contribution in [0.3, 0.4) is 0 Å². The molecular weight excluding hydrogens is 387 g/mol. The van der Waals surface area contributed by atoms with Gasteiger partial charge in [-0.05, 0) is 49.7 Å². The van der Waals surface area contributed by atoms with Gasteiger partial charge in [-0.25, -0.2) is 9.78 Å². The van der Waals surface area contributed by atoms with Crippen molar-refractivity contribution in [2.45, 2.75) is 12.6 Å². The Morgan fingerprint density at radius 2 is 2.00 bits per heavy atom. The van der Waals surface area contributed by atoms with Crippen molar-refractivity contribution in [1.29, 1.82) is 0 Å². The fourth-order valence-corrected chi connectivity index (χ4v) is 2.62. The number of rotatable bonds is 3. The number of pyridine rings is 1. The van der Waals surface area contributed by atoms with Gasteiger partial charge in [0.1, 0.15) is 5.69 Å². The third-order valence-electron chi connectivity index (χ3n) is 3.84. The van der Waals surface area contributed by atoms with Gasteiger partial charge in [-0.1, -0.05) is 17.7 Å². The first kappa shape index (κ1) is 20.9. The van der Waals surface area contributed by atoms with Gasteiger partial charge < -0.3 is 15.7 Å². The second-order valence-corrected chi connectivity index (χ2v) is 6.34. The summed E-state index contributed by atoms with van der Waals surface area (Å²) in [7, 11) is 0. The van der Waals surface area contributed by atoms with E-state index >= 15 is 0 Å². The van der Waals surface area contributed by atoms with Gasteiger partial charge in [-0.15, -0.1) is 0 Å². The van der Waals surface area contributed by atoms with Crippen LogP contribution in [0.15, 0.2) is 30.3 Å². The third-order valence-corrected chi connectivity index (χ3v) is 4.08. The highest BCUT2D eigenvalue weighted by atomic mass is 35.5. The molecular formula is C17H17ClF3N3O3. The molecule has 1 aromatic carbocycles. The Morgan fingerprint density at radius 3 is 2.59 bits per heavy atom. The van der Waals surface area contributed by atoms with Crippen molar-refractivity contribution in [3.63, 3.8) is 0 Å². The molecule has 2 aromatic rings. The summed E-state index contributed by atoms with van der Waals surface area (Å²) in [6.07, 6.45) is -3.97. The second-order valence-electron chi connectivity index (χ2n) is 5.91. The van der Waals surface area contributed by atoms with E-state index in [1.54, 1.807) is 12.1 Å². The molecule has 0 aliphatic carbocycles. The van der Waals surface area contributed by atoms with Gasteiger partial charge in [0, 0.05) is 17.0 Å². The van der Waals surface area contributed by atoms with Crippen LogP contribution in [0, 0.1) is 5.92 Å². The molecule has 1 saturated heterocycles. The monoisotopic (exact) mass is 403 g/mol. The number of hydrogen-bond donors (Lipinski definition) is 3. The molecule has 1 aliphatic heterocycles. The molecule has 10 heteroatoms. The molecule has 0 spiro atoms. The SMILES string of the molecule is O=C(NCC1CCNC1)c1ccc2cc(Cl)ccc2n1.O=C(O)C(F)(F)F.